The number of nitrogens with zero attached hydrogens (tertiary/aromatic N) is 1. The number of halogens is 1. The molecule has 1 aliphatic heterocycles. The fourth-order valence-electron chi connectivity index (χ4n) is 3.17. The lowest BCUT2D eigenvalue weighted by molar-refractivity contribution is -0.145. The summed E-state index contributed by atoms with van der Waals surface area (Å²) in [7, 11) is 0. The highest BCUT2D eigenvalue weighted by atomic mass is 127. The molecule has 0 unspecified atom stereocenters. The molecule has 3 rings (SSSR count). The summed E-state index contributed by atoms with van der Waals surface area (Å²) < 4.78 is 16.9. The van der Waals surface area contributed by atoms with Gasteiger partial charge >= 0.3 is 12.0 Å². The van der Waals surface area contributed by atoms with Gasteiger partial charge in [-0.05, 0) is 72.7 Å². The van der Waals surface area contributed by atoms with E-state index in [2.05, 4.69) is 27.9 Å². The Hall–Kier alpha value is -3.08. The van der Waals surface area contributed by atoms with Gasteiger partial charge in [-0.2, -0.15) is 0 Å². The molecule has 0 radical (unpaired) electrons. The Labute approximate surface area is 206 Å². The molecule has 0 atom stereocenters. The van der Waals surface area contributed by atoms with Gasteiger partial charge in [0.1, 0.15) is 5.70 Å². The first-order valence-electron chi connectivity index (χ1n) is 10.5. The maximum absolute atomic E-state index is 12.9. The summed E-state index contributed by atoms with van der Waals surface area (Å²) in [6.07, 6.45) is 1.59. The average molecular weight is 564 g/mol. The van der Waals surface area contributed by atoms with E-state index in [0.717, 1.165) is 11.1 Å². The Bertz CT molecular complexity index is 1080. The van der Waals surface area contributed by atoms with Crippen LogP contribution in [-0.2, 0) is 20.9 Å². The lowest BCUT2D eigenvalue weighted by atomic mass is 10.1. The molecule has 8 nitrogen and oxygen atoms in total. The molecule has 9 heteroatoms. The van der Waals surface area contributed by atoms with Crippen LogP contribution >= 0.6 is 22.6 Å². The van der Waals surface area contributed by atoms with Crippen LogP contribution in [0.1, 0.15) is 30.5 Å². The third-order valence-corrected chi connectivity index (χ3v) is 5.51. The van der Waals surface area contributed by atoms with Crippen molar-refractivity contribution >= 4 is 46.6 Å². The Morgan fingerprint density at radius 2 is 1.82 bits per heavy atom. The SMILES string of the molecule is CCOC(=O)COc1c(I)cc(/C=C2/NC(=O)N(Cc3ccc(C)cc3)C2=O)cc1OCC. The van der Waals surface area contributed by atoms with E-state index in [0.29, 0.717) is 27.2 Å². The van der Waals surface area contributed by atoms with Crippen molar-refractivity contribution in [1.29, 1.82) is 0 Å². The number of rotatable bonds is 9. The molecular formula is C24H25IN2O6. The molecule has 1 aliphatic rings. The van der Waals surface area contributed by atoms with Gasteiger partial charge in [-0.25, -0.2) is 9.59 Å². The van der Waals surface area contributed by atoms with Crippen LogP contribution in [0, 0.1) is 10.5 Å². The number of urea groups is 1. The highest BCUT2D eigenvalue weighted by molar-refractivity contribution is 14.1. The van der Waals surface area contributed by atoms with E-state index in [1.165, 1.54) is 4.90 Å². The van der Waals surface area contributed by atoms with Crippen LogP contribution in [0.25, 0.3) is 6.08 Å². The first kappa shape index (κ1) is 24.6. The topological polar surface area (TPSA) is 94.2 Å². The molecule has 0 saturated carbocycles. The minimum absolute atomic E-state index is 0.172. The number of esters is 1. The number of carbonyl (C=O) groups excluding carboxylic acids is 3. The maximum Gasteiger partial charge on any atom is 0.344 e. The number of carbonyl (C=O) groups is 3. The Morgan fingerprint density at radius 1 is 1.09 bits per heavy atom. The second kappa shape index (κ2) is 11.2. The van der Waals surface area contributed by atoms with E-state index in [1.54, 1.807) is 25.1 Å². The average Bonchev–Trinajstić information content (AvgIpc) is 3.02. The molecule has 0 aromatic heterocycles. The van der Waals surface area contributed by atoms with Crippen molar-refractivity contribution in [2.24, 2.45) is 0 Å². The molecule has 1 saturated heterocycles. The second-order valence-electron chi connectivity index (χ2n) is 7.22. The van der Waals surface area contributed by atoms with E-state index in [4.69, 9.17) is 14.2 Å². The van der Waals surface area contributed by atoms with Gasteiger partial charge in [0.2, 0.25) is 0 Å². The molecular weight excluding hydrogens is 539 g/mol. The number of hydrogen-bond donors (Lipinski definition) is 1. The van der Waals surface area contributed by atoms with E-state index in [1.807, 2.05) is 38.1 Å². The molecule has 2 aromatic carbocycles. The van der Waals surface area contributed by atoms with Crippen LogP contribution in [0.3, 0.4) is 0 Å². The Balaban J connectivity index is 1.81. The van der Waals surface area contributed by atoms with Crippen molar-refractivity contribution in [2.75, 3.05) is 19.8 Å². The third kappa shape index (κ3) is 6.25. The molecule has 2 aromatic rings. The highest BCUT2D eigenvalue weighted by Gasteiger charge is 2.33. The molecule has 174 valence electrons. The van der Waals surface area contributed by atoms with E-state index < -0.39 is 17.9 Å². The largest absolute Gasteiger partial charge is 0.490 e. The third-order valence-electron chi connectivity index (χ3n) is 4.71. The standard InChI is InChI=1S/C24H25IN2O6/c1-4-31-20-12-17(10-18(25)22(20)33-14-21(28)32-5-2)11-19-23(29)27(24(30)26-19)13-16-8-6-15(3)7-9-16/h6-12H,4-5,13-14H2,1-3H3,(H,26,30)/b19-11+. The van der Waals surface area contributed by atoms with Gasteiger partial charge in [0.15, 0.2) is 18.1 Å². The van der Waals surface area contributed by atoms with Crippen molar-refractivity contribution < 1.29 is 28.6 Å². The van der Waals surface area contributed by atoms with Gasteiger partial charge in [0.05, 0.1) is 23.3 Å². The number of benzene rings is 2. The smallest absolute Gasteiger partial charge is 0.344 e. The van der Waals surface area contributed by atoms with E-state index in [9.17, 15) is 14.4 Å². The van der Waals surface area contributed by atoms with Crippen molar-refractivity contribution in [3.8, 4) is 11.5 Å². The summed E-state index contributed by atoms with van der Waals surface area (Å²) in [5.41, 5.74) is 2.78. The van der Waals surface area contributed by atoms with Gasteiger partial charge in [-0.15, -0.1) is 0 Å². The molecule has 1 heterocycles. The molecule has 0 bridgehead atoms. The summed E-state index contributed by atoms with van der Waals surface area (Å²) in [6.45, 7) is 6.12. The maximum atomic E-state index is 12.9. The van der Waals surface area contributed by atoms with Crippen molar-refractivity contribution in [1.82, 2.24) is 10.2 Å². The zero-order valence-electron chi connectivity index (χ0n) is 18.6. The number of imide groups is 1. The second-order valence-corrected chi connectivity index (χ2v) is 8.38. The minimum Gasteiger partial charge on any atom is -0.490 e. The van der Waals surface area contributed by atoms with Crippen LogP contribution in [-0.4, -0.2) is 42.6 Å². The van der Waals surface area contributed by atoms with Gasteiger partial charge < -0.3 is 19.5 Å². The molecule has 1 N–H and O–H groups in total. The fourth-order valence-corrected chi connectivity index (χ4v) is 3.95. The van der Waals surface area contributed by atoms with E-state index >= 15 is 0 Å². The lowest BCUT2D eigenvalue weighted by Gasteiger charge is -2.14. The number of amides is 3. The molecule has 0 aliphatic carbocycles. The molecule has 0 spiro atoms. The molecule has 1 fully saturated rings. The Kier molecular flexibility index (Phi) is 8.32. The number of nitrogens with one attached hydrogen (secondary N) is 1. The first-order chi connectivity index (χ1) is 15.8. The summed E-state index contributed by atoms with van der Waals surface area (Å²) >= 11 is 2.07. The number of ether oxygens (including phenoxy) is 3. The predicted molar refractivity (Wildman–Crippen MR) is 131 cm³/mol. The summed E-state index contributed by atoms with van der Waals surface area (Å²) in [4.78, 5) is 38.1. The van der Waals surface area contributed by atoms with Crippen molar-refractivity contribution in [3.05, 3.63) is 62.4 Å². The highest BCUT2D eigenvalue weighted by Crippen LogP contribution is 2.35. The zero-order chi connectivity index (χ0) is 24.0. The van der Waals surface area contributed by atoms with Gasteiger partial charge in [0.25, 0.3) is 5.91 Å². The molecule has 33 heavy (non-hydrogen) atoms. The van der Waals surface area contributed by atoms with E-state index in [-0.39, 0.29) is 25.5 Å². The normalized spacial score (nSPS) is 14.4. The van der Waals surface area contributed by atoms with Crippen molar-refractivity contribution in [2.45, 2.75) is 27.3 Å². The van der Waals surface area contributed by atoms with Crippen LogP contribution in [0.4, 0.5) is 4.79 Å². The predicted octanol–water partition coefficient (Wildman–Crippen LogP) is 4.03. The summed E-state index contributed by atoms with van der Waals surface area (Å²) in [5.74, 6) is -0.0460. The monoisotopic (exact) mass is 564 g/mol. The van der Waals surface area contributed by atoms with Crippen LogP contribution in [0.15, 0.2) is 42.1 Å². The first-order valence-corrected chi connectivity index (χ1v) is 11.5. The number of aryl methyl sites for hydroxylation is 1. The number of hydrogen-bond acceptors (Lipinski definition) is 6. The van der Waals surface area contributed by atoms with Crippen LogP contribution < -0.4 is 14.8 Å². The summed E-state index contributed by atoms with van der Waals surface area (Å²) in [6, 6.07) is 10.7. The quantitative estimate of drug-likeness (QED) is 0.214. The minimum atomic E-state index is -0.477. The molecule has 3 amide bonds. The lowest BCUT2D eigenvalue weighted by Crippen LogP contribution is -2.30. The summed E-state index contributed by atoms with van der Waals surface area (Å²) in [5, 5.41) is 2.64. The van der Waals surface area contributed by atoms with Crippen LogP contribution in [0.5, 0.6) is 11.5 Å². The Morgan fingerprint density at radius 3 is 2.48 bits per heavy atom. The van der Waals surface area contributed by atoms with Crippen molar-refractivity contribution in [3.63, 3.8) is 0 Å². The van der Waals surface area contributed by atoms with Gasteiger partial charge in [0, 0.05) is 0 Å². The van der Waals surface area contributed by atoms with Gasteiger partial charge in [-0.1, -0.05) is 29.8 Å². The van der Waals surface area contributed by atoms with Gasteiger partial charge in [-0.3, -0.25) is 9.69 Å². The van der Waals surface area contributed by atoms with Crippen LogP contribution in [0.2, 0.25) is 0 Å². The fraction of sp³-hybridized carbons (Fsp3) is 0.292. The zero-order valence-corrected chi connectivity index (χ0v) is 20.8.